The summed E-state index contributed by atoms with van der Waals surface area (Å²) in [4.78, 5) is 17.0. The van der Waals surface area contributed by atoms with Gasteiger partial charge in [0.05, 0.1) is 6.42 Å². The topological polar surface area (TPSA) is 53.4 Å². The van der Waals surface area contributed by atoms with Gasteiger partial charge in [0, 0.05) is 18.6 Å². The molecule has 2 rings (SSSR count). The Morgan fingerprint density at radius 2 is 1.95 bits per heavy atom. The van der Waals surface area contributed by atoms with Crippen molar-refractivity contribution in [1.82, 2.24) is 4.98 Å². The van der Waals surface area contributed by atoms with Crippen LogP contribution < -0.4 is 4.90 Å². The molecule has 1 aromatic heterocycles. The predicted octanol–water partition coefficient (Wildman–Crippen LogP) is 2.95. The number of anilines is 1. The van der Waals surface area contributed by atoms with Gasteiger partial charge in [-0.2, -0.15) is 13.2 Å². The first-order valence-corrected chi connectivity index (χ1v) is 7.14. The Bertz CT molecular complexity index is 631. The van der Waals surface area contributed by atoms with E-state index in [0.29, 0.717) is 0 Å². The van der Waals surface area contributed by atoms with Crippen LogP contribution in [0.3, 0.4) is 0 Å². The monoisotopic (exact) mass is 330 g/mol. The van der Waals surface area contributed by atoms with E-state index in [1.807, 2.05) is 0 Å². The molecular weight excluding hydrogens is 317 g/mol. The minimum absolute atomic E-state index is 0.266. The molecular formula is C14H13F3N2O2S. The summed E-state index contributed by atoms with van der Waals surface area (Å²) in [6.45, 7) is 0. The second kappa shape index (κ2) is 6.05. The van der Waals surface area contributed by atoms with Crippen LogP contribution in [0.5, 0.6) is 0 Å². The lowest BCUT2D eigenvalue weighted by atomic mass is 9.89. The average molecular weight is 330 g/mol. The Morgan fingerprint density at radius 3 is 2.45 bits per heavy atom. The molecule has 0 saturated carbocycles. The highest BCUT2D eigenvalue weighted by atomic mass is 32.1. The van der Waals surface area contributed by atoms with Crippen LogP contribution >= 0.6 is 11.3 Å². The number of halogens is 3. The summed E-state index contributed by atoms with van der Waals surface area (Å²) in [5.41, 5.74) is -3.61. The van der Waals surface area contributed by atoms with Crippen LogP contribution in [0.2, 0.25) is 0 Å². The van der Waals surface area contributed by atoms with E-state index in [4.69, 9.17) is 0 Å². The van der Waals surface area contributed by atoms with Crippen molar-refractivity contribution < 1.29 is 23.1 Å². The second-order valence-electron chi connectivity index (χ2n) is 4.67. The van der Waals surface area contributed by atoms with E-state index >= 15 is 0 Å². The fourth-order valence-corrected chi connectivity index (χ4v) is 2.53. The highest BCUT2D eigenvalue weighted by Gasteiger charge is 2.56. The number of alkyl halides is 3. The maximum absolute atomic E-state index is 13.3. The van der Waals surface area contributed by atoms with Crippen LogP contribution in [0.15, 0.2) is 41.9 Å². The third-order valence-electron chi connectivity index (χ3n) is 3.21. The van der Waals surface area contributed by atoms with Crippen LogP contribution in [0.1, 0.15) is 12.0 Å². The van der Waals surface area contributed by atoms with Gasteiger partial charge in [-0.15, -0.1) is 11.3 Å². The lowest BCUT2D eigenvalue weighted by Gasteiger charge is -2.31. The average Bonchev–Trinajstić information content (AvgIpc) is 3.00. The fourth-order valence-electron chi connectivity index (χ4n) is 1.91. The van der Waals surface area contributed by atoms with Gasteiger partial charge in [-0.05, 0) is 5.56 Å². The van der Waals surface area contributed by atoms with Crippen LogP contribution in [0, 0.1) is 0 Å². The van der Waals surface area contributed by atoms with Crippen molar-refractivity contribution in [2.45, 2.75) is 18.2 Å². The molecule has 1 aromatic carbocycles. The SMILES string of the molecule is CN(C(=O)C[C@@](O)(c1ccccc1)C(F)(F)F)c1nccs1. The van der Waals surface area contributed by atoms with Gasteiger partial charge in [0.15, 0.2) is 10.7 Å². The van der Waals surface area contributed by atoms with Crippen molar-refractivity contribution in [3.63, 3.8) is 0 Å². The van der Waals surface area contributed by atoms with Gasteiger partial charge in [0.1, 0.15) is 0 Å². The van der Waals surface area contributed by atoms with Gasteiger partial charge in [0.25, 0.3) is 0 Å². The van der Waals surface area contributed by atoms with Crippen molar-refractivity contribution in [3.05, 3.63) is 47.5 Å². The van der Waals surface area contributed by atoms with Crippen molar-refractivity contribution in [3.8, 4) is 0 Å². The Labute approximate surface area is 128 Å². The zero-order valence-electron chi connectivity index (χ0n) is 11.5. The molecule has 0 unspecified atom stereocenters. The molecule has 0 aliphatic rings. The third-order valence-corrected chi connectivity index (χ3v) is 4.06. The van der Waals surface area contributed by atoms with Crippen molar-refractivity contribution in [1.29, 1.82) is 0 Å². The lowest BCUT2D eigenvalue weighted by molar-refractivity contribution is -0.267. The quantitative estimate of drug-likeness (QED) is 0.938. The number of aromatic nitrogens is 1. The number of hydrogen-bond donors (Lipinski definition) is 1. The fraction of sp³-hybridized carbons (Fsp3) is 0.286. The largest absolute Gasteiger partial charge is 0.421 e. The molecule has 1 N–H and O–H groups in total. The Balaban J connectivity index is 2.30. The number of aliphatic hydroxyl groups is 1. The summed E-state index contributed by atoms with van der Waals surface area (Å²) >= 11 is 1.12. The number of nitrogens with zero attached hydrogens (tertiary/aromatic N) is 2. The maximum atomic E-state index is 13.3. The Morgan fingerprint density at radius 1 is 1.32 bits per heavy atom. The minimum Gasteiger partial charge on any atom is -0.376 e. The number of amides is 1. The molecule has 1 atom stereocenters. The lowest BCUT2D eigenvalue weighted by Crippen LogP contribution is -2.46. The maximum Gasteiger partial charge on any atom is 0.421 e. The van der Waals surface area contributed by atoms with E-state index in [1.165, 1.54) is 31.4 Å². The Kier molecular flexibility index (Phi) is 4.52. The third kappa shape index (κ3) is 3.12. The van der Waals surface area contributed by atoms with E-state index in [2.05, 4.69) is 4.98 Å². The second-order valence-corrected chi connectivity index (χ2v) is 5.54. The van der Waals surface area contributed by atoms with Gasteiger partial charge in [-0.1, -0.05) is 30.3 Å². The van der Waals surface area contributed by atoms with E-state index in [1.54, 1.807) is 5.38 Å². The van der Waals surface area contributed by atoms with Crippen LogP contribution in [-0.4, -0.2) is 29.2 Å². The zero-order chi connectivity index (χ0) is 16.4. The molecule has 0 aliphatic heterocycles. The molecule has 0 radical (unpaired) electrons. The van der Waals surface area contributed by atoms with E-state index in [-0.39, 0.29) is 10.7 Å². The normalized spacial score (nSPS) is 14.4. The van der Waals surface area contributed by atoms with E-state index in [0.717, 1.165) is 28.4 Å². The summed E-state index contributed by atoms with van der Waals surface area (Å²) in [6, 6.07) is 6.57. The number of rotatable bonds is 4. The molecule has 0 aliphatic carbocycles. The van der Waals surface area contributed by atoms with Gasteiger partial charge < -0.3 is 5.11 Å². The van der Waals surface area contributed by atoms with Crippen LogP contribution in [0.25, 0.3) is 0 Å². The van der Waals surface area contributed by atoms with Crippen molar-refractivity contribution in [2.24, 2.45) is 0 Å². The molecule has 118 valence electrons. The van der Waals surface area contributed by atoms with Gasteiger partial charge in [-0.3, -0.25) is 9.69 Å². The first-order chi connectivity index (χ1) is 10.3. The van der Waals surface area contributed by atoms with E-state index in [9.17, 15) is 23.1 Å². The predicted molar refractivity (Wildman–Crippen MR) is 76.5 cm³/mol. The number of hydrogen-bond acceptors (Lipinski definition) is 4. The van der Waals surface area contributed by atoms with Crippen molar-refractivity contribution in [2.75, 3.05) is 11.9 Å². The summed E-state index contributed by atoms with van der Waals surface area (Å²) in [7, 11) is 1.32. The molecule has 1 heterocycles. The van der Waals surface area contributed by atoms with Gasteiger partial charge in [-0.25, -0.2) is 4.98 Å². The summed E-state index contributed by atoms with van der Waals surface area (Å²) in [5.74, 6) is -0.876. The minimum atomic E-state index is -4.98. The highest BCUT2D eigenvalue weighted by molar-refractivity contribution is 7.13. The molecule has 4 nitrogen and oxygen atoms in total. The molecule has 2 aromatic rings. The Hall–Kier alpha value is -1.93. The van der Waals surface area contributed by atoms with Crippen LogP contribution in [0.4, 0.5) is 18.3 Å². The van der Waals surface area contributed by atoms with Gasteiger partial charge in [0.2, 0.25) is 5.91 Å². The molecule has 22 heavy (non-hydrogen) atoms. The molecule has 8 heteroatoms. The number of thiazole rings is 1. The summed E-state index contributed by atoms with van der Waals surface area (Å²) in [6.07, 6.45) is -4.65. The van der Waals surface area contributed by atoms with Crippen LogP contribution in [-0.2, 0) is 10.4 Å². The number of carbonyl (C=O) groups is 1. The number of benzene rings is 1. The zero-order valence-corrected chi connectivity index (χ0v) is 12.4. The number of carbonyl (C=O) groups excluding carboxylic acids is 1. The first-order valence-electron chi connectivity index (χ1n) is 6.26. The molecule has 0 saturated heterocycles. The molecule has 0 bridgehead atoms. The smallest absolute Gasteiger partial charge is 0.376 e. The molecule has 0 spiro atoms. The standard InChI is InChI=1S/C14H13F3N2O2S/c1-19(12-18-7-8-22-12)11(20)9-13(21,14(15,16)17)10-5-3-2-4-6-10/h2-8,21H,9H2,1H3/t13-/m1/s1. The van der Waals surface area contributed by atoms with Gasteiger partial charge >= 0.3 is 6.18 Å². The summed E-state index contributed by atoms with van der Waals surface area (Å²) < 4.78 is 40.0. The summed E-state index contributed by atoms with van der Waals surface area (Å²) in [5, 5.41) is 12.0. The first kappa shape index (κ1) is 16.4. The van der Waals surface area contributed by atoms with E-state index < -0.39 is 24.1 Å². The molecule has 1 amide bonds. The molecule has 0 fully saturated rings. The van der Waals surface area contributed by atoms with Crippen molar-refractivity contribution >= 4 is 22.4 Å². The highest BCUT2D eigenvalue weighted by Crippen LogP contribution is 2.42.